The van der Waals surface area contributed by atoms with Crippen LogP contribution in [-0.2, 0) is 16.0 Å². The number of benzene rings is 2. The number of amides is 2. The van der Waals surface area contributed by atoms with Crippen molar-refractivity contribution < 1.29 is 9.59 Å². The van der Waals surface area contributed by atoms with Gasteiger partial charge in [-0.1, -0.05) is 45.0 Å². The van der Waals surface area contributed by atoms with Crippen LogP contribution in [0, 0.1) is 5.41 Å². The van der Waals surface area contributed by atoms with Crippen LogP contribution >= 0.6 is 11.3 Å². The monoisotopic (exact) mass is 409 g/mol. The lowest BCUT2D eigenvalue weighted by Gasteiger charge is -2.17. The molecule has 0 unspecified atom stereocenters. The lowest BCUT2D eigenvalue weighted by molar-refractivity contribution is -0.128. The van der Waals surface area contributed by atoms with Crippen molar-refractivity contribution in [2.75, 3.05) is 11.9 Å². The van der Waals surface area contributed by atoms with Crippen molar-refractivity contribution in [3.05, 3.63) is 59.1 Å². The summed E-state index contributed by atoms with van der Waals surface area (Å²) in [6.45, 7) is 6.12. The molecular weight excluding hydrogens is 382 g/mol. The summed E-state index contributed by atoms with van der Waals surface area (Å²) in [4.78, 5) is 28.6. The lowest BCUT2D eigenvalue weighted by atomic mass is 9.96. The van der Waals surface area contributed by atoms with Crippen molar-refractivity contribution in [1.82, 2.24) is 10.3 Å². The molecule has 0 bridgehead atoms. The van der Waals surface area contributed by atoms with Crippen LogP contribution in [0.3, 0.4) is 0 Å². The van der Waals surface area contributed by atoms with Gasteiger partial charge in [0.25, 0.3) is 0 Å². The molecule has 0 atom stereocenters. The molecule has 3 rings (SSSR count). The van der Waals surface area contributed by atoms with Crippen LogP contribution < -0.4 is 10.6 Å². The summed E-state index contributed by atoms with van der Waals surface area (Å²) in [6, 6.07) is 16.0. The number of carbonyl (C=O) groups is 2. The maximum absolute atomic E-state index is 12.1. The van der Waals surface area contributed by atoms with Crippen molar-refractivity contribution in [2.45, 2.75) is 40.0 Å². The highest BCUT2D eigenvalue weighted by molar-refractivity contribution is 7.18. The second-order valence-electron chi connectivity index (χ2n) is 8.11. The molecule has 1 aromatic heterocycles. The van der Waals surface area contributed by atoms with Crippen LogP contribution in [0.1, 0.15) is 44.2 Å². The molecule has 152 valence electrons. The van der Waals surface area contributed by atoms with Crippen LogP contribution in [-0.4, -0.2) is 23.3 Å². The molecule has 3 aromatic rings. The molecule has 0 spiro atoms. The third kappa shape index (κ3) is 6.12. The number of carbonyl (C=O) groups excluding carboxylic acids is 2. The second-order valence-corrected chi connectivity index (χ2v) is 9.22. The van der Waals surface area contributed by atoms with Crippen molar-refractivity contribution in [2.24, 2.45) is 5.41 Å². The highest BCUT2D eigenvalue weighted by Gasteiger charge is 2.20. The summed E-state index contributed by atoms with van der Waals surface area (Å²) < 4.78 is 1.20. The summed E-state index contributed by atoms with van der Waals surface area (Å²) in [7, 11) is 0. The zero-order chi connectivity index (χ0) is 20.9. The van der Waals surface area contributed by atoms with Gasteiger partial charge in [-0.3, -0.25) is 9.59 Å². The largest absolute Gasteiger partial charge is 0.356 e. The minimum atomic E-state index is -0.407. The SMILES string of the molecule is CC(C)(C)C(=O)NCCCC(=O)Nc1ccc(Cc2nc3ccccc3s2)cc1. The van der Waals surface area contributed by atoms with Crippen molar-refractivity contribution >= 4 is 39.1 Å². The molecule has 0 aliphatic rings. The number of rotatable bonds is 7. The predicted molar refractivity (Wildman–Crippen MR) is 119 cm³/mol. The van der Waals surface area contributed by atoms with E-state index in [-0.39, 0.29) is 11.8 Å². The van der Waals surface area contributed by atoms with Gasteiger partial charge < -0.3 is 10.6 Å². The molecule has 0 aliphatic heterocycles. The molecule has 0 aliphatic carbocycles. The summed E-state index contributed by atoms with van der Waals surface area (Å²) in [5.41, 5.74) is 2.57. The van der Waals surface area contributed by atoms with E-state index in [1.807, 2.05) is 63.2 Å². The number of nitrogens with zero attached hydrogens (tertiary/aromatic N) is 1. The first kappa shape index (κ1) is 21.0. The van der Waals surface area contributed by atoms with E-state index in [1.54, 1.807) is 11.3 Å². The summed E-state index contributed by atoms with van der Waals surface area (Å²) in [5, 5.41) is 6.85. The Morgan fingerprint density at radius 2 is 1.76 bits per heavy atom. The van der Waals surface area contributed by atoms with Crippen molar-refractivity contribution in [3.63, 3.8) is 0 Å². The Labute approximate surface area is 175 Å². The zero-order valence-corrected chi connectivity index (χ0v) is 17.9. The number of anilines is 1. The van der Waals surface area contributed by atoms with Gasteiger partial charge >= 0.3 is 0 Å². The molecule has 0 saturated carbocycles. The molecule has 5 nitrogen and oxygen atoms in total. The third-order valence-corrected chi connectivity index (χ3v) is 5.51. The molecule has 2 aromatic carbocycles. The Morgan fingerprint density at radius 3 is 2.45 bits per heavy atom. The Balaban J connectivity index is 1.45. The highest BCUT2D eigenvalue weighted by Crippen LogP contribution is 2.24. The number of nitrogens with one attached hydrogen (secondary N) is 2. The average molecular weight is 410 g/mol. The smallest absolute Gasteiger partial charge is 0.225 e. The first-order valence-electron chi connectivity index (χ1n) is 9.83. The van der Waals surface area contributed by atoms with E-state index < -0.39 is 5.41 Å². The summed E-state index contributed by atoms with van der Waals surface area (Å²) in [6.07, 6.45) is 1.77. The molecule has 6 heteroatoms. The number of aromatic nitrogens is 1. The van der Waals surface area contributed by atoms with Gasteiger partial charge in [0.15, 0.2) is 0 Å². The molecule has 29 heavy (non-hydrogen) atoms. The summed E-state index contributed by atoms with van der Waals surface area (Å²) >= 11 is 1.71. The molecule has 0 radical (unpaired) electrons. The molecule has 1 heterocycles. The maximum Gasteiger partial charge on any atom is 0.225 e. The standard InChI is InChI=1S/C23H27N3O2S/c1-23(2,3)22(28)24-14-6-9-20(27)25-17-12-10-16(11-13-17)15-21-26-18-7-4-5-8-19(18)29-21/h4-5,7-8,10-13H,6,9,14-15H2,1-3H3,(H,24,28)(H,25,27). The van der Waals surface area contributed by atoms with Gasteiger partial charge in [0.05, 0.1) is 15.2 Å². The van der Waals surface area contributed by atoms with E-state index in [2.05, 4.69) is 21.7 Å². The minimum Gasteiger partial charge on any atom is -0.356 e. The maximum atomic E-state index is 12.1. The van der Waals surface area contributed by atoms with E-state index in [0.717, 1.165) is 28.2 Å². The van der Waals surface area contributed by atoms with Gasteiger partial charge in [-0.25, -0.2) is 4.98 Å². The molecule has 0 fully saturated rings. The van der Waals surface area contributed by atoms with E-state index >= 15 is 0 Å². The van der Waals surface area contributed by atoms with Crippen LogP contribution in [0.15, 0.2) is 48.5 Å². The topological polar surface area (TPSA) is 71.1 Å². The fourth-order valence-electron chi connectivity index (χ4n) is 2.82. The second kappa shape index (κ2) is 9.18. The number of hydrogen-bond acceptors (Lipinski definition) is 4. The third-order valence-electron chi connectivity index (χ3n) is 4.48. The summed E-state index contributed by atoms with van der Waals surface area (Å²) in [5.74, 6) is -0.0458. The predicted octanol–water partition coefficient (Wildman–Crippen LogP) is 4.77. The van der Waals surface area contributed by atoms with Crippen LogP contribution in [0.5, 0.6) is 0 Å². The fourth-order valence-corrected chi connectivity index (χ4v) is 3.82. The number of para-hydroxylation sites is 1. The quantitative estimate of drug-likeness (QED) is 0.552. The zero-order valence-electron chi connectivity index (χ0n) is 17.1. The molecule has 0 saturated heterocycles. The van der Waals surface area contributed by atoms with Crippen LogP contribution in [0.4, 0.5) is 5.69 Å². The minimum absolute atomic E-state index is 0.00150. The van der Waals surface area contributed by atoms with E-state index in [0.29, 0.717) is 19.4 Å². The van der Waals surface area contributed by atoms with Gasteiger partial charge in [-0.05, 0) is 36.2 Å². The van der Waals surface area contributed by atoms with Gasteiger partial charge in [-0.15, -0.1) is 11.3 Å². The number of thiazole rings is 1. The number of fused-ring (bicyclic) bond motifs is 1. The van der Waals surface area contributed by atoms with E-state index in [1.165, 1.54) is 4.70 Å². The Kier molecular flexibility index (Phi) is 6.64. The van der Waals surface area contributed by atoms with E-state index in [9.17, 15) is 9.59 Å². The Morgan fingerprint density at radius 1 is 1.03 bits per heavy atom. The van der Waals surface area contributed by atoms with Crippen molar-refractivity contribution in [1.29, 1.82) is 0 Å². The van der Waals surface area contributed by atoms with Gasteiger partial charge in [0, 0.05) is 30.5 Å². The molecule has 2 N–H and O–H groups in total. The van der Waals surface area contributed by atoms with Gasteiger partial charge in [0.1, 0.15) is 0 Å². The first-order chi connectivity index (χ1) is 13.8. The van der Waals surface area contributed by atoms with Crippen LogP contribution in [0.2, 0.25) is 0 Å². The Bertz CT molecular complexity index is 954. The lowest BCUT2D eigenvalue weighted by Crippen LogP contribution is -2.35. The van der Waals surface area contributed by atoms with Crippen molar-refractivity contribution in [3.8, 4) is 0 Å². The number of hydrogen-bond donors (Lipinski definition) is 2. The van der Waals surface area contributed by atoms with Gasteiger partial charge in [0.2, 0.25) is 11.8 Å². The van der Waals surface area contributed by atoms with E-state index in [4.69, 9.17) is 0 Å². The molecular formula is C23H27N3O2S. The highest BCUT2D eigenvalue weighted by atomic mass is 32.1. The normalized spacial score (nSPS) is 11.4. The average Bonchev–Trinajstić information content (AvgIpc) is 3.08. The fraction of sp³-hybridized carbons (Fsp3) is 0.348. The first-order valence-corrected chi connectivity index (χ1v) is 10.6. The molecule has 2 amide bonds. The van der Waals surface area contributed by atoms with Gasteiger partial charge in [-0.2, -0.15) is 0 Å². The van der Waals surface area contributed by atoms with Crippen LogP contribution in [0.25, 0.3) is 10.2 Å². The Hall–Kier alpha value is -2.73.